The monoisotopic (exact) mass is 344 g/mol. The Morgan fingerprint density at radius 1 is 1.16 bits per heavy atom. The third-order valence-electron chi connectivity index (χ3n) is 4.08. The Labute approximate surface area is 150 Å². The maximum absolute atomic E-state index is 12.2. The van der Waals surface area contributed by atoms with Gasteiger partial charge in [0.15, 0.2) is 0 Å². The van der Waals surface area contributed by atoms with Gasteiger partial charge in [-0.05, 0) is 50.5 Å². The van der Waals surface area contributed by atoms with Crippen molar-refractivity contribution in [3.63, 3.8) is 0 Å². The molecule has 1 rings (SSSR count). The fourth-order valence-corrected chi connectivity index (χ4v) is 2.58. The lowest BCUT2D eigenvalue weighted by molar-refractivity contribution is -0.121. The van der Waals surface area contributed by atoms with Crippen molar-refractivity contribution in [2.75, 3.05) is 31.1 Å². The van der Waals surface area contributed by atoms with E-state index in [-0.39, 0.29) is 24.3 Å². The zero-order chi connectivity index (χ0) is 18.7. The molecule has 2 amide bonds. The molecule has 0 saturated heterocycles. The predicted molar refractivity (Wildman–Crippen MR) is 99.4 cm³/mol. The van der Waals surface area contributed by atoms with Crippen LogP contribution < -0.4 is 15.5 Å². The standard InChI is InChI=1S/C19H28N4O2/c1-4-23(5-2)17-8-6-16(7-9-17)19(25)22-12-10-15(3)14-18(24)21-13-11-20/h6-9,15H,4-5,10,12-14H2,1-3H3,(H,21,24)(H,22,25). The number of benzene rings is 1. The van der Waals surface area contributed by atoms with Gasteiger partial charge in [0.05, 0.1) is 6.07 Å². The lowest BCUT2D eigenvalue weighted by Gasteiger charge is -2.21. The van der Waals surface area contributed by atoms with Crippen molar-refractivity contribution in [2.45, 2.75) is 33.6 Å². The van der Waals surface area contributed by atoms with E-state index in [4.69, 9.17) is 5.26 Å². The van der Waals surface area contributed by atoms with Gasteiger partial charge in [-0.1, -0.05) is 6.92 Å². The second-order valence-electron chi connectivity index (χ2n) is 6.01. The average Bonchev–Trinajstić information content (AvgIpc) is 2.61. The summed E-state index contributed by atoms with van der Waals surface area (Å²) in [6.45, 7) is 8.58. The molecule has 6 nitrogen and oxygen atoms in total. The SMILES string of the molecule is CCN(CC)c1ccc(C(=O)NCCC(C)CC(=O)NCC#N)cc1. The zero-order valence-corrected chi connectivity index (χ0v) is 15.3. The van der Waals surface area contributed by atoms with Crippen molar-refractivity contribution in [1.82, 2.24) is 10.6 Å². The summed E-state index contributed by atoms with van der Waals surface area (Å²) in [5.41, 5.74) is 1.74. The van der Waals surface area contributed by atoms with E-state index >= 15 is 0 Å². The van der Waals surface area contributed by atoms with Crippen molar-refractivity contribution in [3.8, 4) is 6.07 Å². The second kappa shape index (κ2) is 11.1. The zero-order valence-electron chi connectivity index (χ0n) is 15.3. The van der Waals surface area contributed by atoms with Gasteiger partial charge in [-0.2, -0.15) is 5.26 Å². The summed E-state index contributed by atoms with van der Waals surface area (Å²) in [6, 6.07) is 9.47. The van der Waals surface area contributed by atoms with Crippen molar-refractivity contribution >= 4 is 17.5 Å². The van der Waals surface area contributed by atoms with Crippen LogP contribution in [0.2, 0.25) is 0 Å². The van der Waals surface area contributed by atoms with Gasteiger partial charge in [-0.3, -0.25) is 9.59 Å². The molecular weight excluding hydrogens is 316 g/mol. The van der Waals surface area contributed by atoms with Crippen LogP contribution in [-0.4, -0.2) is 38.0 Å². The Bertz CT molecular complexity index is 588. The highest BCUT2D eigenvalue weighted by Gasteiger charge is 2.10. The number of carbonyl (C=O) groups excluding carboxylic acids is 2. The summed E-state index contributed by atoms with van der Waals surface area (Å²) in [5.74, 6) is -0.0939. The molecule has 0 aromatic heterocycles. The van der Waals surface area contributed by atoms with Gasteiger partial charge in [-0.25, -0.2) is 0 Å². The van der Waals surface area contributed by atoms with Gasteiger partial charge < -0.3 is 15.5 Å². The number of rotatable bonds is 10. The summed E-state index contributed by atoms with van der Waals surface area (Å²) < 4.78 is 0. The molecule has 1 unspecified atom stereocenters. The molecule has 0 spiro atoms. The molecule has 0 heterocycles. The maximum atomic E-state index is 12.2. The number of amides is 2. The topological polar surface area (TPSA) is 85.2 Å². The van der Waals surface area contributed by atoms with Crippen molar-refractivity contribution < 1.29 is 9.59 Å². The highest BCUT2D eigenvalue weighted by Crippen LogP contribution is 2.15. The van der Waals surface area contributed by atoms with Crippen LogP contribution in [-0.2, 0) is 4.79 Å². The molecule has 0 aliphatic heterocycles. The number of nitriles is 1. The summed E-state index contributed by atoms with van der Waals surface area (Å²) in [7, 11) is 0. The van der Waals surface area contributed by atoms with Gasteiger partial charge in [0.1, 0.15) is 6.54 Å². The Hall–Kier alpha value is -2.55. The molecule has 0 fully saturated rings. The van der Waals surface area contributed by atoms with E-state index in [9.17, 15) is 9.59 Å². The van der Waals surface area contributed by atoms with Crippen LogP contribution >= 0.6 is 0 Å². The van der Waals surface area contributed by atoms with Crippen LogP contribution in [0.15, 0.2) is 24.3 Å². The minimum absolute atomic E-state index is 0.0335. The number of hydrogen-bond acceptors (Lipinski definition) is 4. The summed E-state index contributed by atoms with van der Waals surface area (Å²) in [6.07, 6.45) is 1.07. The maximum Gasteiger partial charge on any atom is 0.251 e. The van der Waals surface area contributed by atoms with Crippen LogP contribution in [0.3, 0.4) is 0 Å². The van der Waals surface area contributed by atoms with E-state index in [0.29, 0.717) is 24.9 Å². The Kier molecular flexibility index (Phi) is 9.09. The van der Waals surface area contributed by atoms with Crippen molar-refractivity contribution in [3.05, 3.63) is 29.8 Å². The molecule has 0 saturated carbocycles. The molecular formula is C19H28N4O2. The average molecular weight is 344 g/mol. The van der Waals surface area contributed by atoms with Crippen LogP contribution in [0.1, 0.15) is 44.0 Å². The molecule has 0 radical (unpaired) electrons. The van der Waals surface area contributed by atoms with E-state index in [0.717, 1.165) is 18.8 Å². The minimum atomic E-state index is -0.132. The number of hydrogen-bond donors (Lipinski definition) is 2. The van der Waals surface area contributed by atoms with E-state index in [1.54, 1.807) is 0 Å². The molecule has 1 aromatic carbocycles. The van der Waals surface area contributed by atoms with Crippen LogP contribution in [0, 0.1) is 17.2 Å². The van der Waals surface area contributed by atoms with Gasteiger partial charge >= 0.3 is 0 Å². The summed E-state index contributed by atoms with van der Waals surface area (Å²) >= 11 is 0. The van der Waals surface area contributed by atoms with E-state index in [2.05, 4.69) is 29.4 Å². The first-order chi connectivity index (χ1) is 12.0. The molecule has 6 heteroatoms. The number of nitrogens with zero attached hydrogens (tertiary/aromatic N) is 2. The molecule has 1 aromatic rings. The van der Waals surface area contributed by atoms with Crippen molar-refractivity contribution in [2.24, 2.45) is 5.92 Å². The molecule has 0 aliphatic rings. The smallest absolute Gasteiger partial charge is 0.251 e. The van der Waals surface area contributed by atoms with Crippen LogP contribution in [0.4, 0.5) is 5.69 Å². The van der Waals surface area contributed by atoms with E-state index < -0.39 is 0 Å². The second-order valence-corrected chi connectivity index (χ2v) is 6.01. The fraction of sp³-hybridized carbons (Fsp3) is 0.526. The quantitative estimate of drug-likeness (QED) is 0.638. The third kappa shape index (κ3) is 7.25. The van der Waals surface area contributed by atoms with Gasteiger partial charge in [0.25, 0.3) is 5.91 Å². The first-order valence-corrected chi connectivity index (χ1v) is 8.78. The molecule has 25 heavy (non-hydrogen) atoms. The largest absolute Gasteiger partial charge is 0.372 e. The molecule has 136 valence electrons. The Morgan fingerprint density at radius 3 is 2.36 bits per heavy atom. The lowest BCUT2D eigenvalue weighted by atomic mass is 10.0. The molecule has 1 atom stereocenters. The van der Waals surface area contributed by atoms with Gasteiger partial charge in [0.2, 0.25) is 5.91 Å². The van der Waals surface area contributed by atoms with Crippen LogP contribution in [0.5, 0.6) is 0 Å². The number of nitrogens with one attached hydrogen (secondary N) is 2. The minimum Gasteiger partial charge on any atom is -0.372 e. The molecule has 0 aliphatic carbocycles. The van der Waals surface area contributed by atoms with Crippen molar-refractivity contribution in [1.29, 1.82) is 5.26 Å². The molecule has 2 N–H and O–H groups in total. The summed E-state index contributed by atoms with van der Waals surface area (Å²) in [5, 5.41) is 13.8. The lowest BCUT2D eigenvalue weighted by Crippen LogP contribution is -2.28. The third-order valence-corrected chi connectivity index (χ3v) is 4.08. The first-order valence-electron chi connectivity index (χ1n) is 8.78. The fourth-order valence-electron chi connectivity index (χ4n) is 2.58. The van der Waals surface area contributed by atoms with Gasteiger partial charge in [-0.15, -0.1) is 0 Å². The highest BCUT2D eigenvalue weighted by atomic mass is 16.2. The van der Waals surface area contributed by atoms with Crippen LogP contribution in [0.25, 0.3) is 0 Å². The van der Waals surface area contributed by atoms with E-state index in [1.165, 1.54) is 0 Å². The normalized spacial score (nSPS) is 11.3. The number of anilines is 1. The predicted octanol–water partition coefficient (Wildman–Crippen LogP) is 2.32. The van der Waals surface area contributed by atoms with Gasteiger partial charge in [0, 0.05) is 37.3 Å². The van der Waals surface area contributed by atoms with E-state index in [1.807, 2.05) is 37.3 Å². The molecule has 0 bridgehead atoms. The Balaban J connectivity index is 2.39. The highest BCUT2D eigenvalue weighted by molar-refractivity contribution is 5.94. The first kappa shape index (κ1) is 20.5. The number of carbonyl (C=O) groups is 2. The Morgan fingerprint density at radius 2 is 1.80 bits per heavy atom. The summed E-state index contributed by atoms with van der Waals surface area (Å²) in [4.78, 5) is 25.9.